The molecule has 3 fully saturated rings. The maximum Gasteiger partial charge on any atom is 0.223 e. The molecule has 17 nitrogen and oxygen atoms in total. The minimum atomic E-state index is -2.94. The molecule has 0 radical (unpaired) electrons. The third-order valence-corrected chi connectivity index (χ3v) is 7.33. The second kappa shape index (κ2) is 11.8. The Labute approximate surface area is 211 Å². The van der Waals surface area contributed by atoms with Crippen molar-refractivity contribution < 1.29 is 69.6 Å². The molecule has 3 aliphatic rings. The minimum absolute atomic E-state index is 0.183. The molecular formula is C20H39N3O14. The van der Waals surface area contributed by atoms with Gasteiger partial charge in [0, 0.05) is 0 Å². The lowest BCUT2D eigenvalue weighted by molar-refractivity contribution is -0.418. The van der Waals surface area contributed by atoms with E-state index in [9.17, 15) is 46.0 Å². The molecule has 3 rings (SSSR count). The van der Waals surface area contributed by atoms with Crippen LogP contribution in [0.1, 0.15) is 13.3 Å². The zero-order valence-electron chi connectivity index (χ0n) is 20.1. The van der Waals surface area contributed by atoms with E-state index in [1.807, 2.05) is 0 Å². The maximum absolute atomic E-state index is 10.9. The van der Waals surface area contributed by atoms with Crippen molar-refractivity contribution in [1.29, 1.82) is 0 Å². The summed E-state index contributed by atoms with van der Waals surface area (Å²) in [6, 6.07) is -4.27. The minimum Gasteiger partial charge on any atom is -0.394 e. The van der Waals surface area contributed by atoms with Crippen LogP contribution in [-0.2, 0) is 23.7 Å². The summed E-state index contributed by atoms with van der Waals surface area (Å²) in [5.74, 6) is -2.94. The number of ether oxygens (including phenoxy) is 5. The highest BCUT2D eigenvalue weighted by atomic mass is 16.7. The van der Waals surface area contributed by atoms with Crippen molar-refractivity contribution in [2.24, 2.45) is 17.2 Å². The van der Waals surface area contributed by atoms with Gasteiger partial charge in [0.1, 0.15) is 48.3 Å². The van der Waals surface area contributed by atoms with Crippen molar-refractivity contribution in [3.05, 3.63) is 0 Å². The lowest BCUT2D eigenvalue weighted by atomic mass is 9.81. The summed E-state index contributed by atoms with van der Waals surface area (Å²) in [5, 5.41) is 91.6. The van der Waals surface area contributed by atoms with E-state index in [0.717, 1.165) is 0 Å². The molecule has 0 saturated carbocycles. The Kier molecular flexibility index (Phi) is 9.86. The highest BCUT2D eigenvalue weighted by Gasteiger charge is 2.63. The quantitative estimate of drug-likeness (QED) is 0.126. The van der Waals surface area contributed by atoms with Crippen LogP contribution in [0.15, 0.2) is 0 Å². The Bertz CT molecular complexity index is 743. The molecule has 0 amide bonds. The smallest absolute Gasteiger partial charge is 0.223 e. The van der Waals surface area contributed by atoms with Crippen molar-refractivity contribution in [1.82, 2.24) is 0 Å². The van der Waals surface area contributed by atoms with Crippen molar-refractivity contribution in [3.63, 3.8) is 0 Å². The number of hydrogen-bond acceptors (Lipinski definition) is 17. The number of nitrogens with two attached hydrogens (primary N) is 3. The molecule has 2 unspecified atom stereocenters. The fourth-order valence-corrected chi connectivity index (χ4v) is 4.76. The Hall–Kier alpha value is -0.680. The number of hydrogen-bond donors (Lipinski definition) is 12. The van der Waals surface area contributed by atoms with Gasteiger partial charge in [-0.1, -0.05) is 6.92 Å². The van der Waals surface area contributed by atoms with Crippen LogP contribution in [0.25, 0.3) is 0 Å². The highest BCUT2D eigenvalue weighted by Crippen LogP contribution is 2.40. The highest BCUT2D eigenvalue weighted by molar-refractivity contribution is 5.06. The lowest BCUT2D eigenvalue weighted by Gasteiger charge is -2.54. The van der Waals surface area contributed by atoms with Crippen LogP contribution in [0.4, 0.5) is 0 Å². The Morgan fingerprint density at radius 1 is 0.757 bits per heavy atom. The predicted octanol–water partition coefficient (Wildman–Crippen LogP) is -7.57. The average Bonchev–Trinajstić information content (AvgIpc) is 2.88. The van der Waals surface area contributed by atoms with Gasteiger partial charge in [-0.25, -0.2) is 0 Å². The first-order valence-electron chi connectivity index (χ1n) is 11.9. The summed E-state index contributed by atoms with van der Waals surface area (Å²) >= 11 is 0. The van der Waals surface area contributed by atoms with Crippen molar-refractivity contribution in [2.75, 3.05) is 19.8 Å². The van der Waals surface area contributed by atoms with E-state index in [2.05, 4.69) is 0 Å². The molecule has 0 aromatic carbocycles. The second-order valence-corrected chi connectivity index (χ2v) is 9.55. The van der Waals surface area contributed by atoms with Crippen LogP contribution in [0.5, 0.6) is 0 Å². The first kappa shape index (κ1) is 30.9. The average molecular weight is 546 g/mol. The number of aliphatic hydroxyl groups is 9. The molecule has 3 aliphatic heterocycles. The summed E-state index contributed by atoms with van der Waals surface area (Å²) in [6.07, 6.45) is -15.5. The molecule has 0 aromatic rings. The van der Waals surface area contributed by atoms with Gasteiger partial charge in [-0.3, -0.25) is 0 Å². The Morgan fingerprint density at radius 3 is 1.78 bits per heavy atom. The Morgan fingerprint density at radius 2 is 1.27 bits per heavy atom. The third kappa shape index (κ3) is 5.39. The van der Waals surface area contributed by atoms with Gasteiger partial charge in [0.25, 0.3) is 0 Å². The lowest BCUT2D eigenvalue weighted by Crippen LogP contribution is -2.76. The normalized spacial score (nSPS) is 50.7. The predicted molar refractivity (Wildman–Crippen MR) is 118 cm³/mol. The van der Waals surface area contributed by atoms with Crippen LogP contribution < -0.4 is 17.2 Å². The van der Waals surface area contributed by atoms with Crippen molar-refractivity contribution in [2.45, 2.75) is 104 Å². The summed E-state index contributed by atoms with van der Waals surface area (Å²) in [6.45, 7) is -0.908. The maximum atomic E-state index is 10.9. The number of rotatable bonds is 8. The zero-order chi connectivity index (χ0) is 27.9. The Balaban J connectivity index is 1.78. The monoisotopic (exact) mass is 545 g/mol. The van der Waals surface area contributed by atoms with Gasteiger partial charge < -0.3 is 86.8 Å². The first-order chi connectivity index (χ1) is 17.3. The van der Waals surface area contributed by atoms with E-state index in [-0.39, 0.29) is 6.42 Å². The largest absolute Gasteiger partial charge is 0.394 e. The molecule has 3 heterocycles. The SMILES string of the molecule is CC[C@]1(CO)O[C@H](OC2[C@@H](CO)O[C@@H](OC3[C@@H](CO)O[C@@H](O)[C@H](N)[C@H]3O)[C@H](N)[C@H]2O)[C@H](N)[C@@H](O)C1(O)O. The molecule has 37 heavy (non-hydrogen) atoms. The van der Waals surface area contributed by atoms with Crippen LogP contribution in [0.3, 0.4) is 0 Å². The fraction of sp³-hybridized carbons (Fsp3) is 1.00. The molecule has 17 heteroatoms. The molecule has 218 valence electrons. The molecule has 15 N–H and O–H groups in total. The summed E-state index contributed by atoms with van der Waals surface area (Å²) < 4.78 is 27.7. The third-order valence-electron chi connectivity index (χ3n) is 7.33. The molecule has 0 spiro atoms. The number of aliphatic hydroxyl groups excluding tert-OH is 7. The van der Waals surface area contributed by atoms with Crippen LogP contribution in [-0.4, -0.2) is 157 Å². The van der Waals surface area contributed by atoms with E-state index in [0.29, 0.717) is 0 Å². The van der Waals surface area contributed by atoms with E-state index < -0.39 is 111 Å². The van der Waals surface area contributed by atoms with Crippen LogP contribution in [0.2, 0.25) is 0 Å². The molecule has 14 atom stereocenters. The summed E-state index contributed by atoms with van der Waals surface area (Å²) in [5.41, 5.74) is 15.6. The van der Waals surface area contributed by atoms with Crippen molar-refractivity contribution in [3.8, 4) is 0 Å². The van der Waals surface area contributed by atoms with E-state index >= 15 is 0 Å². The molecule has 3 saturated heterocycles. The zero-order valence-corrected chi connectivity index (χ0v) is 20.1. The second-order valence-electron chi connectivity index (χ2n) is 9.55. The van der Waals surface area contributed by atoms with Gasteiger partial charge in [0.15, 0.2) is 18.9 Å². The van der Waals surface area contributed by atoms with E-state index in [1.165, 1.54) is 6.92 Å². The van der Waals surface area contributed by atoms with Crippen molar-refractivity contribution >= 4 is 0 Å². The van der Waals surface area contributed by atoms with E-state index in [1.54, 1.807) is 0 Å². The first-order valence-corrected chi connectivity index (χ1v) is 11.9. The molecule has 0 bridgehead atoms. The van der Waals surface area contributed by atoms with Crippen LogP contribution in [0, 0.1) is 0 Å². The molecular weight excluding hydrogens is 506 g/mol. The van der Waals surface area contributed by atoms with Gasteiger partial charge in [-0.15, -0.1) is 0 Å². The standard InChI is InChI=1S/C20H39N3O14/c1-2-19(5-26)20(31,32)15(29)10(23)18(37-19)36-14-7(4-25)34-17(9(22)12(14)28)35-13-6(3-24)33-16(30)8(21)11(13)27/h6-18,24-32H,2-5,21-23H2,1H3/t6-,7-,8-,9-,10-,11-,12-,13?,14?,15-,16-,17+,18+,19-/m1/s1. The fourth-order valence-electron chi connectivity index (χ4n) is 4.76. The summed E-state index contributed by atoms with van der Waals surface area (Å²) in [4.78, 5) is 0. The summed E-state index contributed by atoms with van der Waals surface area (Å²) in [7, 11) is 0. The topological polar surface area (TPSA) is 306 Å². The van der Waals surface area contributed by atoms with Gasteiger partial charge in [-0.05, 0) is 6.42 Å². The van der Waals surface area contributed by atoms with Gasteiger partial charge in [0.05, 0.1) is 37.9 Å². The van der Waals surface area contributed by atoms with Gasteiger partial charge >= 0.3 is 0 Å². The molecule has 0 aromatic heterocycles. The van der Waals surface area contributed by atoms with Gasteiger partial charge in [-0.2, -0.15) is 0 Å². The molecule has 0 aliphatic carbocycles. The van der Waals surface area contributed by atoms with Gasteiger partial charge in [0.2, 0.25) is 5.79 Å². The van der Waals surface area contributed by atoms with Crippen LogP contribution >= 0.6 is 0 Å². The van der Waals surface area contributed by atoms with E-state index in [4.69, 9.17) is 40.9 Å².